The molecule has 4 nitrogen and oxygen atoms in total. The van der Waals surface area contributed by atoms with Crippen LogP contribution in [0.4, 0.5) is 20.2 Å². The molecule has 0 bridgehead atoms. The number of benzene rings is 2. The third kappa shape index (κ3) is 4.77. The fraction of sp³-hybridized carbons (Fsp3) is 0.333. The maximum absolute atomic E-state index is 14.2. The fourth-order valence-corrected chi connectivity index (χ4v) is 3.27. The van der Waals surface area contributed by atoms with E-state index in [0.717, 1.165) is 31.5 Å². The van der Waals surface area contributed by atoms with Crippen LogP contribution in [0.25, 0.3) is 5.70 Å². The van der Waals surface area contributed by atoms with Crippen molar-refractivity contribution in [3.63, 3.8) is 0 Å². The monoisotopic (exact) mass is 373 g/mol. The first kappa shape index (κ1) is 19.2. The van der Waals surface area contributed by atoms with Gasteiger partial charge in [-0.25, -0.2) is 8.78 Å². The van der Waals surface area contributed by atoms with Gasteiger partial charge >= 0.3 is 0 Å². The van der Waals surface area contributed by atoms with Crippen molar-refractivity contribution >= 4 is 17.1 Å². The van der Waals surface area contributed by atoms with Gasteiger partial charge in [0.25, 0.3) is 0 Å². The van der Waals surface area contributed by atoms with E-state index in [4.69, 9.17) is 10.5 Å². The van der Waals surface area contributed by atoms with E-state index in [9.17, 15) is 8.78 Å². The number of ether oxygens (including phenoxy) is 1. The van der Waals surface area contributed by atoms with Gasteiger partial charge in [-0.15, -0.1) is 0 Å². The van der Waals surface area contributed by atoms with Crippen LogP contribution >= 0.6 is 0 Å². The first-order valence-corrected chi connectivity index (χ1v) is 9.09. The van der Waals surface area contributed by atoms with Gasteiger partial charge in [-0.1, -0.05) is 12.6 Å². The van der Waals surface area contributed by atoms with Crippen molar-refractivity contribution in [1.82, 2.24) is 5.32 Å². The number of anilines is 2. The molecule has 1 aliphatic rings. The van der Waals surface area contributed by atoms with E-state index in [1.165, 1.54) is 18.2 Å². The lowest BCUT2D eigenvalue weighted by Crippen LogP contribution is -2.33. The van der Waals surface area contributed by atoms with Crippen molar-refractivity contribution in [2.75, 3.05) is 25.0 Å². The van der Waals surface area contributed by atoms with Gasteiger partial charge in [0.2, 0.25) is 0 Å². The maximum atomic E-state index is 14.2. The normalized spacial score (nSPS) is 16.8. The number of hydrogen-bond acceptors (Lipinski definition) is 4. The molecule has 27 heavy (non-hydrogen) atoms. The first-order chi connectivity index (χ1) is 12.9. The molecule has 0 spiro atoms. The van der Waals surface area contributed by atoms with E-state index in [1.807, 2.05) is 0 Å². The van der Waals surface area contributed by atoms with Crippen LogP contribution in [0.5, 0.6) is 5.75 Å². The summed E-state index contributed by atoms with van der Waals surface area (Å²) in [6.07, 6.45) is 2.15. The number of hydrogen-bond donors (Lipinski definition) is 3. The lowest BCUT2D eigenvalue weighted by atomic mass is 10.0. The Hall–Kier alpha value is -2.60. The molecule has 1 unspecified atom stereocenters. The van der Waals surface area contributed by atoms with E-state index < -0.39 is 11.6 Å². The topological polar surface area (TPSA) is 59.3 Å². The molecule has 2 aromatic rings. The summed E-state index contributed by atoms with van der Waals surface area (Å²) in [6.45, 7) is 7.91. The van der Waals surface area contributed by atoms with Crippen molar-refractivity contribution in [3.05, 3.63) is 59.7 Å². The van der Waals surface area contributed by atoms with Crippen LogP contribution in [0.1, 0.15) is 24.0 Å². The molecule has 6 heteroatoms. The largest absolute Gasteiger partial charge is 0.492 e. The summed E-state index contributed by atoms with van der Waals surface area (Å²) in [5, 5.41) is 6.24. The molecule has 0 aliphatic carbocycles. The zero-order chi connectivity index (χ0) is 19.4. The lowest BCUT2D eigenvalue weighted by molar-refractivity contribution is 0.217. The number of piperidine rings is 1. The second-order valence-electron chi connectivity index (χ2n) is 6.98. The van der Waals surface area contributed by atoms with Gasteiger partial charge in [-0.05, 0) is 50.1 Å². The highest BCUT2D eigenvalue weighted by Gasteiger charge is 2.18. The van der Waals surface area contributed by atoms with Crippen LogP contribution in [0.15, 0.2) is 36.9 Å². The van der Waals surface area contributed by atoms with E-state index in [1.54, 1.807) is 19.1 Å². The molecular weight excluding hydrogens is 348 g/mol. The Bertz CT molecular complexity index is 832. The van der Waals surface area contributed by atoms with Crippen LogP contribution in [-0.2, 0) is 0 Å². The van der Waals surface area contributed by atoms with E-state index in [-0.39, 0.29) is 11.4 Å². The van der Waals surface area contributed by atoms with Crippen LogP contribution in [0.3, 0.4) is 0 Å². The highest BCUT2D eigenvalue weighted by atomic mass is 19.1. The number of halogens is 2. The molecule has 0 radical (unpaired) electrons. The molecular formula is C21H25F2N3O. The summed E-state index contributed by atoms with van der Waals surface area (Å²) >= 11 is 0. The standard InChI is InChI=1S/C21H25F2N3O/c1-13-5-6-18(17(23)8-13)26-19-9-16(22)10-20(21(19)14(2)24)27-12-15-4-3-7-25-11-15/h5-6,8-10,15,25-26H,2-4,7,11-12,24H2,1H3. The molecule has 0 saturated carbocycles. The van der Waals surface area contributed by atoms with Crippen molar-refractivity contribution in [2.45, 2.75) is 19.8 Å². The Morgan fingerprint density at radius 3 is 2.78 bits per heavy atom. The van der Waals surface area contributed by atoms with Gasteiger partial charge in [0, 0.05) is 24.2 Å². The molecule has 3 rings (SSSR count). The molecule has 2 aromatic carbocycles. The van der Waals surface area contributed by atoms with Crippen molar-refractivity contribution in [2.24, 2.45) is 11.7 Å². The first-order valence-electron chi connectivity index (χ1n) is 9.09. The molecule has 4 N–H and O–H groups in total. The second-order valence-corrected chi connectivity index (χ2v) is 6.98. The third-order valence-electron chi connectivity index (χ3n) is 4.66. The van der Waals surface area contributed by atoms with E-state index >= 15 is 0 Å². The molecule has 1 atom stereocenters. The van der Waals surface area contributed by atoms with Gasteiger partial charge in [0.05, 0.1) is 23.5 Å². The van der Waals surface area contributed by atoms with Crippen LogP contribution < -0.4 is 21.1 Å². The highest BCUT2D eigenvalue weighted by Crippen LogP contribution is 2.35. The zero-order valence-corrected chi connectivity index (χ0v) is 15.4. The Kier molecular flexibility index (Phi) is 5.96. The highest BCUT2D eigenvalue weighted by molar-refractivity contribution is 5.81. The summed E-state index contributed by atoms with van der Waals surface area (Å²) in [7, 11) is 0. The Balaban J connectivity index is 1.88. The van der Waals surface area contributed by atoms with Crippen LogP contribution in [0, 0.1) is 24.5 Å². The molecule has 0 amide bonds. The average molecular weight is 373 g/mol. The minimum absolute atomic E-state index is 0.224. The van der Waals surface area contributed by atoms with Gasteiger partial charge in [-0.3, -0.25) is 0 Å². The maximum Gasteiger partial charge on any atom is 0.146 e. The Morgan fingerprint density at radius 1 is 1.30 bits per heavy atom. The molecule has 144 valence electrons. The molecule has 1 heterocycles. The molecule has 1 fully saturated rings. The van der Waals surface area contributed by atoms with Gasteiger partial charge in [-0.2, -0.15) is 0 Å². The van der Waals surface area contributed by atoms with Crippen LogP contribution in [0.2, 0.25) is 0 Å². The minimum atomic E-state index is -0.494. The predicted molar refractivity (Wildman–Crippen MR) is 105 cm³/mol. The summed E-state index contributed by atoms with van der Waals surface area (Å²) < 4.78 is 34.3. The Morgan fingerprint density at radius 2 is 2.11 bits per heavy atom. The number of nitrogens with two attached hydrogens (primary N) is 1. The van der Waals surface area contributed by atoms with E-state index in [2.05, 4.69) is 17.2 Å². The molecule has 1 saturated heterocycles. The lowest BCUT2D eigenvalue weighted by Gasteiger charge is -2.24. The van der Waals surface area contributed by atoms with Crippen molar-refractivity contribution in [1.29, 1.82) is 0 Å². The summed E-state index contributed by atoms with van der Waals surface area (Å²) in [5.41, 5.74) is 7.97. The smallest absolute Gasteiger partial charge is 0.146 e. The second kappa shape index (κ2) is 8.39. The summed E-state index contributed by atoms with van der Waals surface area (Å²) in [6, 6.07) is 7.34. The average Bonchev–Trinajstić information content (AvgIpc) is 2.62. The van der Waals surface area contributed by atoms with Gasteiger partial charge in [0.1, 0.15) is 17.4 Å². The fourth-order valence-electron chi connectivity index (χ4n) is 3.27. The number of aryl methyl sites for hydroxylation is 1. The van der Waals surface area contributed by atoms with E-state index in [0.29, 0.717) is 29.5 Å². The van der Waals surface area contributed by atoms with Crippen molar-refractivity contribution in [3.8, 4) is 5.75 Å². The summed E-state index contributed by atoms with van der Waals surface area (Å²) in [4.78, 5) is 0. The molecule has 0 aromatic heterocycles. The van der Waals surface area contributed by atoms with Gasteiger partial charge in [0.15, 0.2) is 0 Å². The SMILES string of the molecule is C=C(N)c1c(Nc2ccc(C)cc2F)cc(F)cc1OCC1CCCNC1. The third-order valence-corrected chi connectivity index (χ3v) is 4.66. The van der Waals surface area contributed by atoms with Crippen LogP contribution in [-0.4, -0.2) is 19.7 Å². The quantitative estimate of drug-likeness (QED) is 0.706. The van der Waals surface area contributed by atoms with Crippen molar-refractivity contribution < 1.29 is 13.5 Å². The Labute approximate surface area is 158 Å². The molecule has 1 aliphatic heterocycles. The summed E-state index contributed by atoms with van der Waals surface area (Å²) in [5.74, 6) is -0.259. The predicted octanol–water partition coefficient (Wildman–Crippen LogP) is 4.32. The number of nitrogens with one attached hydrogen (secondary N) is 2. The number of rotatable bonds is 6. The van der Waals surface area contributed by atoms with Gasteiger partial charge < -0.3 is 21.1 Å². The minimum Gasteiger partial charge on any atom is -0.492 e. The zero-order valence-electron chi connectivity index (χ0n) is 15.4.